The van der Waals surface area contributed by atoms with Gasteiger partial charge in [0.1, 0.15) is 30.8 Å². The van der Waals surface area contributed by atoms with Crippen LogP contribution >= 0.6 is 11.6 Å². The summed E-state index contributed by atoms with van der Waals surface area (Å²) in [6, 6.07) is 10.6. The molecule has 2 aromatic rings. The summed E-state index contributed by atoms with van der Waals surface area (Å²) in [5.74, 6) is -1.75. The first-order chi connectivity index (χ1) is 18.9. The Morgan fingerprint density at radius 3 is 2.60 bits per heavy atom. The van der Waals surface area contributed by atoms with Crippen LogP contribution in [-0.4, -0.2) is 67.8 Å². The van der Waals surface area contributed by atoms with Crippen molar-refractivity contribution < 1.29 is 33.7 Å². The largest absolute Gasteiger partial charge is 0.486 e. The van der Waals surface area contributed by atoms with Crippen LogP contribution < -0.4 is 19.3 Å². The van der Waals surface area contributed by atoms with Crippen molar-refractivity contribution in [2.45, 2.75) is 45.8 Å². The van der Waals surface area contributed by atoms with Crippen molar-refractivity contribution in [3.8, 4) is 11.5 Å². The minimum absolute atomic E-state index is 0.0822. The van der Waals surface area contributed by atoms with Gasteiger partial charge in [0.25, 0.3) is 0 Å². The van der Waals surface area contributed by atoms with Crippen molar-refractivity contribution in [3.63, 3.8) is 0 Å². The average Bonchev–Trinajstić information content (AvgIpc) is 3.02. The van der Waals surface area contributed by atoms with Gasteiger partial charge in [0.05, 0.1) is 12.5 Å². The Kier molecular flexibility index (Phi) is 7.46. The predicted molar refractivity (Wildman–Crippen MR) is 150 cm³/mol. The van der Waals surface area contributed by atoms with Crippen LogP contribution in [0.3, 0.4) is 0 Å². The van der Waals surface area contributed by atoms with Crippen LogP contribution in [0.15, 0.2) is 36.4 Å². The molecule has 3 heterocycles. The first-order valence-corrected chi connectivity index (χ1v) is 14.0. The highest BCUT2D eigenvalue weighted by Crippen LogP contribution is 2.52. The van der Waals surface area contributed by atoms with E-state index in [4.69, 9.17) is 25.8 Å². The zero-order chi connectivity index (χ0) is 28.9. The molecular formula is C30H36ClN2O7+. The number of carbonyl (C=O) groups is 3. The lowest BCUT2D eigenvalue weighted by atomic mass is 9.70. The number of benzene rings is 2. The topological polar surface area (TPSA) is 111 Å². The quantitative estimate of drug-likeness (QED) is 0.515. The van der Waals surface area contributed by atoms with Gasteiger partial charge in [-0.1, -0.05) is 44.5 Å². The number of fused-ring (bicyclic) bond motifs is 2. The Hall–Kier alpha value is -2.98. The number of aliphatic carboxylic acids is 1. The third-order valence-electron chi connectivity index (χ3n) is 8.22. The zero-order valence-corrected chi connectivity index (χ0v) is 24.0. The Morgan fingerprint density at radius 2 is 1.90 bits per heavy atom. The van der Waals surface area contributed by atoms with E-state index in [9.17, 15) is 19.5 Å². The van der Waals surface area contributed by atoms with Gasteiger partial charge in [-0.2, -0.15) is 0 Å². The second-order valence-corrected chi connectivity index (χ2v) is 12.5. The maximum absolute atomic E-state index is 14.7. The number of halogens is 1. The van der Waals surface area contributed by atoms with Crippen LogP contribution in [0.2, 0.25) is 5.02 Å². The van der Waals surface area contributed by atoms with E-state index < -0.39 is 39.3 Å². The van der Waals surface area contributed by atoms with Gasteiger partial charge in [-0.3, -0.25) is 4.79 Å². The van der Waals surface area contributed by atoms with Gasteiger partial charge < -0.3 is 24.6 Å². The number of quaternary nitrogens is 1. The van der Waals surface area contributed by atoms with Gasteiger partial charge in [-0.15, -0.1) is 0 Å². The molecule has 40 heavy (non-hydrogen) atoms. The smallest absolute Gasteiger partial charge is 0.367 e. The average molecular weight is 572 g/mol. The second-order valence-electron chi connectivity index (χ2n) is 12.0. The van der Waals surface area contributed by atoms with Gasteiger partial charge in [0.15, 0.2) is 18.1 Å². The molecule has 0 saturated carbocycles. The number of carbonyl (C=O) groups excluding carboxylic acids is 2. The lowest BCUT2D eigenvalue weighted by Crippen LogP contribution is -2.80. The van der Waals surface area contributed by atoms with E-state index in [2.05, 4.69) is 5.32 Å². The number of hydrogen-bond acceptors (Lipinski definition) is 7. The fraction of sp³-hybridized carbons (Fsp3) is 0.500. The Morgan fingerprint density at radius 1 is 1.15 bits per heavy atom. The number of Topliss-reactive ketones (excluding diaryl/α,β-unsaturated/α-hetero) is 1. The van der Waals surface area contributed by atoms with Gasteiger partial charge in [-0.05, 0) is 25.1 Å². The molecule has 5 rings (SSSR count). The van der Waals surface area contributed by atoms with E-state index in [1.165, 1.54) is 6.92 Å². The summed E-state index contributed by atoms with van der Waals surface area (Å²) in [6.45, 7) is 8.35. The van der Waals surface area contributed by atoms with Crippen molar-refractivity contribution in [2.75, 3.05) is 39.5 Å². The number of nitrogens with one attached hydrogen (secondary N) is 1. The molecule has 1 amide bonds. The standard InChI is InChI=1S/C30H35ClN2O7/c1-18(34)22-15-32-11-10-30(22,28(36)37)33(17-29(2,3)4)23-9-8-19(31)14-21(23)26(40-16-25(33)35)20-6-5-7-24-27(20)39-13-12-38-24/h5-9,14,22,26,32H,10-13,15-17H2,1-4H3/p+1/t22-,26?,30+,33+/m1/s1. The SMILES string of the molecule is CC(=O)[C@H]1CNCC[C@]1(C(=O)O)[N@+]1(CC(C)(C)C)C(=O)COC(c2cccc3c2OCCO3)c2cc(Cl)ccc21. The monoisotopic (exact) mass is 571 g/mol. The molecule has 0 aliphatic carbocycles. The highest BCUT2D eigenvalue weighted by Gasteiger charge is 2.70. The number of para-hydroxylation sites is 1. The number of piperidine rings is 1. The van der Waals surface area contributed by atoms with E-state index in [0.29, 0.717) is 53.1 Å². The van der Waals surface area contributed by atoms with Gasteiger partial charge in [0, 0.05) is 47.1 Å². The minimum Gasteiger partial charge on any atom is -0.486 e. The molecule has 3 aliphatic rings. The number of rotatable bonds is 5. The number of ketones is 1. The molecule has 0 radical (unpaired) electrons. The summed E-state index contributed by atoms with van der Waals surface area (Å²) in [5, 5.41) is 14.7. The van der Waals surface area contributed by atoms with Crippen molar-refractivity contribution in [3.05, 3.63) is 52.5 Å². The van der Waals surface area contributed by atoms with Gasteiger partial charge >= 0.3 is 11.9 Å². The molecule has 1 unspecified atom stereocenters. The summed E-state index contributed by atoms with van der Waals surface area (Å²) < 4.78 is 17.6. The van der Waals surface area contributed by atoms with Crippen LogP contribution in [0.1, 0.15) is 51.3 Å². The maximum Gasteiger partial charge on any atom is 0.367 e. The number of ether oxygens (including phenoxy) is 3. The maximum atomic E-state index is 14.7. The Balaban J connectivity index is 1.86. The van der Waals surface area contributed by atoms with E-state index in [1.807, 2.05) is 39.0 Å². The van der Waals surface area contributed by atoms with E-state index in [-0.39, 0.29) is 31.9 Å². The fourth-order valence-electron chi connectivity index (χ4n) is 6.82. The molecule has 3 aliphatic heterocycles. The molecule has 4 atom stereocenters. The minimum atomic E-state index is -1.77. The molecule has 0 bridgehead atoms. The lowest BCUT2D eigenvalue weighted by Gasteiger charge is -2.54. The molecule has 2 N–H and O–H groups in total. The number of carboxylic acids is 1. The number of amides is 1. The van der Waals surface area contributed by atoms with E-state index in [1.54, 1.807) is 18.2 Å². The van der Waals surface area contributed by atoms with Crippen molar-refractivity contribution in [2.24, 2.45) is 11.3 Å². The Bertz CT molecular complexity index is 1360. The van der Waals surface area contributed by atoms with Crippen molar-refractivity contribution >= 4 is 34.9 Å². The highest BCUT2D eigenvalue weighted by molar-refractivity contribution is 6.30. The third-order valence-corrected chi connectivity index (χ3v) is 8.46. The molecule has 2 aromatic carbocycles. The van der Waals surface area contributed by atoms with Gasteiger partial charge in [-0.25, -0.2) is 14.1 Å². The van der Waals surface area contributed by atoms with Crippen molar-refractivity contribution in [1.29, 1.82) is 0 Å². The number of hydrogen-bond donors (Lipinski definition) is 2. The Labute approximate surface area is 238 Å². The third kappa shape index (κ3) is 4.49. The van der Waals surface area contributed by atoms with E-state index in [0.717, 1.165) is 0 Å². The normalized spacial score (nSPS) is 28.4. The van der Waals surface area contributed by atoms with Crippen LogP contribution in [-0.2, 0) is 19.1 Å². The van der Waals surface area contributed by atoms with Gasteiger partial charge in [0.2, 0.25) is 5.54 Å². The summed E-state index contributed by atoms with van der Waals surface area (Å²) in [7, 11) is 0. The van der Waals surface area contributed by atoms with E-state index >= 15 is 0 Å². The summed E-state index contributed by atoms with van der Waals surface area (Å²) in [6.07, 6.45) is -0.712. The molecule has 9 nitrogen and oxygen atoms in total. The van der Waals surface area contributed by atoms with Crippen molar-refractivity contribution in [1.82, 2.24) is 9.80 Å². The molecule has 0 aromatic heterocycles. The number of carboxylic acid groups (broad SMARTS) is 1. The lowest BCUT2D eigenvalue weighted by molar-refractivity contribution is -0.170. The highest BCUT2D eigenvalue weighted by atomic mass is 35.5. The molecule has 10 heteroatoms. The van der Waals surface area contributed by atoms with Crippen LogP contribution in [0.25, 0.3) is 0 Å². The molecule has 1 saturated heterocycles. The van der Waals surface area contributed by atoms with Crippen LogP contribution in [0, 0.1) is 11.3 Å². The first kappa shape index (κ1) is 28.5. The fourth-order valence-corrected chi connectivity index (χ4v) is 7.00. The molecule has 1 fully saturated rings. The predicted octanol–water partition coefficient (Wildman–Crippen LogP) is 4.13. The summed E-state index contributed by atoms with van der Waals surface area (Å²) in [5.41, 5.74) is -0.590. The summed E-state index contributed by atoms with van der Waals surface area (Å²) >= 11 is 6.57. The number of nitrogens with zero attached hydrogens (tertiary/aromatic N) is 1. The second kappa shape index (κ2) is 10.4. The van der Waals surface area contributed by atoms with Crippen LogP contribution in [0.5, 0.6) is 11.5 Å². The molecule has 0 spiro atoms. The zero-order valence-electron chi connectivity index (χ0n) is 23.3. The van der Waals surface area contributed by atoms with Crippen LogP contribution in [0.4, 0.5) is 5.69 Å². The molecule has 214 valence electrons. The summed E-state index contributed by atoms with van der Waals surface area (Å²) in [4.78, 5) is 41.4. The molecular weight excluding hydrogens is 536 g/mol. The first-order valence-electron chi connectivity index (χ1n) is 13.6.